The number of benzene rings is 2. The lowest BCUT2D eigenvalue weighted by molar-refractivity contribution is 1.01. The third-order valence-corrected chi connectivity index (χ3v) is 4.57. The monoisotopic (exact) mass is 366 g/mol. The Hall–Kier alpha value is -2.77. The Morgan fingerprint density at radius 1 is 1.23 bits per heavy atom. The molecule has 0 fully saturated rings. The van der Waals surface area contributed by atoms with Gasteiger partial charge in [0.15, 0.2) is 0 Å². The summed E-state index contributed by atoms with van der Waals surface area (Å²) in [5.41, 5.74) is 12.2. The summed E-state index contributed by atoms with van der Waals surface area (Å²) in [4.78, 5) is 2.13. The number of nitrogens with two attached hydrogens (primary N) is 1. The van der Waals surface area contributed by atoms with Gasteiger partial charge in [-0.15, -0.1) is 0 Å². The fourth-order valence-electron chi connectivity index (χ4n) is 3.05. The van der Waals surface area contributed by atoms with Crippen molar-refractivity contribution in [2.45, 2.75) is 27.7 Å². The first-order chi connectivity index (χ1) is 12.3. The van der Waals surface area contributed by atoms with Crippen molar-refractivity contribution in [2.75, 3.05) is 11.4 Å². The molecule has 0 aliphatic carbocycles. The highest BCUT2D eigenvalue weighted by Crippen LogP contribution is 2.33. The van der Waals surface area contributed by atoms with Gasteiger partial charge in [-0.3, -0.25) is 0 Å². The second-order valence-corrected chi connectivity index (χ2v) is 6.61. The minimum atomic E-state index is 0.435. The Kier molecular flexibility index (Phi) is 6.07. The molecule has 0 aliphatic heterocycles. The molecule has 0 amide bonds. The number of hydrogen-bond acceptors (Lipinski definition) is 4. The van der Waals surface area contributed by atoms with Crippen molar-refractivity contribution in [3.05, 3.63) is 63.8 Å². The first kappa shape index (κ1) is 19.6. The lowest BCUT2D eigenvalue weighted by Crippen LogP contribution is -2.17. The summed E-state index contributed by atoms with van der Waals surface area (Å²) < 4.78 is 0. The summed E-state index contributed by atoms with van der Waals surface area (Å²) in [6.07, 6.45) is 0. The highest BCUT2D eigenvalue weighted by Gasteiger charge is 2.15. The van der Waals surface area contributed by atoms with E-state index in [2.05, 4.69) is 24.0 Å². The van der Waals surface area contributed by atoms with Gasteiger partial charge in [0.2, 0.25) is 0 Å². The van der Waals surface area contributed by atoms with Crippen LogP contribution in [-0.4, -0.2) is 12.3 Å². The van der Waals surface area contributed by atoms with Gasteiger partial charge in [0.25, 0.3) is 0 Å². The molecule has 0 aliphatic rings. The van der Waals surface area contributed by atoms with Crippen molar-refractivity contribution in [3.8, 4) is 6.07 Å². The fourth-order valence-corrected chi connectivity index (χ4v) is 3.27. The van der Waals surface area contributed by atoms with Crippen molar-refractivity contribution < 1.29 is 0 Å². The van der Waals surface area contributed by atoms with E-state index in [-0.39, 0.29) is 0 Å². The molecule has 2 aromatic rings. The SMILES string of the molecule is CCN(c1ccc(C#N)c(Cl)c1)c1cc(/C(C(C)=N)=C(\C)N)ccc1C. The molecule has 5 heteroatoms. The molecule has 2 aromatic carbocycles. The number of nitrogens with zero attached hydrogens (tertiary/aromatic N) is 2. The van der Waals surface area contributed by atoms with Gasteiger partial charge in [-0.1, -0.05) is 23.7 Å². The van der Waals surface area contributed by atoms with Crippen LogP contribution in [0.2, 0.25) is 5.02 Å². The summed E-state index contributed by atoms with van der Waals surface area (Å²) in [6, 6.07) is 13.6. The zero-order valence-electron chi connectivity index (χ0n) is 15.5. The molecule has 0 spiro atoms. The molecule has 26 heavy (non-hydrogen) atoms. The second-order valence-electron chi connectivity index (χ2n) is 6.20. The molecule has 0 aromatic heterocycles. The van der Waals surface area contributed by atoms with E-state index in [1.165, 1.54) is 0 Å². The summed E-state index contributed by atoms with van der Waals surface area (Å²) in [5.74, 6) is 0. The molecule has 0 unspecified atom stereocenters. The minimum absolute atomic E-state index is 0.435. The van der Waals surface area contributed by atoms with E-state index in [9.17, 15) is 0 Å². The predicted molar refractivity (Wildman–Crippen MR) is 110 cm³/mol. The van der Waals surface area contributed by atoms with Crippen LogP contribution in [0.1, 0.15) is 37.5 Å². The smallest absolute Gasteiger partial charge is 0.101 e. The average Bonchev–Trinajstić information content (AvgIpc) is 2.57. The molecule has 2 rings (SSSR count). The Bertz CT molecular complexity index is 918. The Balaban J connectivity index is 2.60. The van der Waals surface area contributed by atoms with Crippen LogP contribution in [-0.2, 0) is 0 Å². The van der Waals surface area contributed by atoms with E-state index >= 15 is 0 Å². The topological polar surface area (TPSA) is 76.9 Å². The molecule has 0 heterocycles. The van der Waals surface area contributed by atoms with Crippen molar-refractivity contribution in [3.63, 3.8) is 0 Å². The molecule has 0 atom stereocenters. The zero-order chi connectivity index (χ0) is 19.4. The van der Waals surface area contributed by atoms with Gasteiger partial charge in [-0.2, -0.15) is 5.26 Å². The molecule has 0 saturated carbocycles. The van der Waals surface area contributed by atoms with Crippen LogP contribution >= 0.6 is 11.6 Å². The van der Waals surface area contributed by atoms with E-state index in [4.69, 9.17) is 28.0 Å². The van der Waals surface area contributed by atoms with E-state index in [1.54, 1.807) is 13.0 Å². The number of aryl methyl sites for hydroxylation is 1. The van der Waals surface area contributed by atoms with Gasteiger partial charge >= 0.3 is 0 Å². The Morgan fingerprint density at radius 2 is 1.92 bits per heavy atom. The maximum atomic E-state index is 9.08. The van der Waals surface area contributed by atoms with Crippen molar-refractivity contribution >= 4 is 34.3 Å². The molecule has 0 saturated heterocycles. The molecular weight excluding hydrogens is 344 g/mol. The number of rotatable bonds is 5. The Morgan fingerprint density at radius 3 is 2.42 bits per heavy atom. The van der Waals surface area contributed by atoms with Crippen LogP contribution in [0.5, 0.6) is 0 Å². The highest BCUT2D eigenvalue weighted by molar-refractivity contribution is 6.32. The summed E-state index contributed by atoms with van der Waals surface area (Å²) in [7, 11) is 0. The van der Waals surface area contributed by atoms with E-state index in [0.29, 0.717) is 22.0 Å². The van der Waals surface area contributed by atoms with Crippen LogP contribution in [0.15, 0.2) is 42.1 Å². The third kappa shape index (κ3) is 3.89. The van der Waals surface area contributed by atoms with Gasteiger partial charge in [-0.25, -0.2) is 0 Å². The van der Waals surface area contributed by atoms with E-state index in [1.807, 2.05) is 38.1 Å². The molecular formula is C21H23ClN4. The lowest BCUT2D eigenvalue weighted by Gasteiger charge is -2.26. The molecule has 134 valence electrons. The standard InChI is InChI=1S/C21H23ClN4/c1-5-26(18-9-8-17(12-23)19(22)11-18)20-10-16(7-6-13(20)2)21(14(3)24)15(4)25/h6-11,24H,5,25H2,1-4H3/b21-15+,24-14?. The quantitative estimate of drug-likeness (QED) is 0.694. The summed E-state index contributed by atoms with van der Waals surface area (Å²) in [6.45, 7) is 8.39. The highest BCUT2D eigenvalue weighted by atomic mass is 35.5. The summed E-state index contributed by atoms with van der Waals surface area (Å²) in [5, 5.41) is 17.6. The normalized spacial score (nSPS) is 11.5. The number of allylic oxidation sites excluding steroid dienone is 2. The predicted octanol–water partition coefficient (Wildman–Crippen LogP) is 5.41. The van der Waals surface area contributed by atoms with Crippen molar-refractivity contribution in [1.29, 1.82) is 10.7 Å². The van der Waals surface area contributed by atoms with Crippen LogP contribution in [0.4, 0.5) is 11.4 Å². The van der Waals surface area contributed by atoms with Crippen LogP contribution < -0.4 is 10.6 Å². The number of anilines is 2. The first-order valence-corrected chi connectivity index (χ1v) is 8.78. The fraction of sp³-hybridized carbons (Fsp3) is 0.238. The second kappa shape index (κ2) is 8.07. The van der Waals surface area contributed by atoms with Crippen LogP contribution in [0.3, 0.4) is 0 Å². The largest absolute Gasteiger partial charge is 0.402 e. The van der Waals surface area contributed by atoms with E-state index < -0.39 is 0 Å². The number of nitrogens with one attached hydrogen (secondary N) is 1. The van der Waals surface area contributed by atoms with Gasteiger partial charge in [0, 0.05) is 34.9 Å². The number of hydrogen-bond donors (Lipinski definition) is 2. The van der Waals surface area contributed by atoms with Crippen LogP contribution in [0, 0.1) is 23.7 Å². The van der Waals surface area contributed by atoms with Crippen molar-refractivity contribution in [1.82, 2.24) is 0 Å². The number of halogens is 1. The maximum absolute atomic E-state index is 9.08. The molecule has 4 nitrogen and oxygen atoms in total. The third-order valence-electron chi connectivity index (χ3n) is 4.26. The maximum Gasteiger partial charge on any atom is 0.101 e. The zero-order valence-corrected chi connectivity index (χ0v) is 16.3. The average molecular weight is 367 g/mol. The number of nitriles is 1. The Labute approximate surface area is 160 Å². The summed E-state index contributed by atoms with van der Waals surface area (Å²) >= 11 is 6.22. The van der Waals surface area contributed by atoms with Gasteiger partial charge < -0.3 is 16.0 Å². The molecule has 0 bridgehead atoms. The minimum Gasteiger partial charge on any atom is -0.402 e. The van der Waals surface area contributed by atoms with Crippen molar-refractivity contribution in [2.24, 2.45) is 5.73 Å². The first-order valence-electron chi connectivity index (χ1n) is 8.40. The van der Waals surface area contributed by atoms with Crippen LogP contribution in [0.25, 0.3) is 5.57 Å². The molecule has 3 N–H and O–H groups in total. The van der Waals surface area contributed by atoms with E-state index in [0.717, 1.165) is 34.6 Å². The van der Waals surface area contributed by atoms with Gasteiger partial charge in [0.05, 0.1) is 10.6 Å². The van der Waals surface area contributed by atoms with Gasteiger partial charge in [0.1, 0.15) is 6.07 Å². The van der Waals surface area contributed by atoms with Gasteiger partial charge in [-0.05, 0) is 63.1 Å². The lowest BCUT2D eigenvalue weighted by atomic mass is 9.97. The molecule has 0 radical (unpaired) electrons.